The van der Waals surface area contributed by atoms with Crippen molar-refractivity contribution < 1.29 is 13.2 Å². The molecule has 0 heterocycles. The third-order valence-corrected chi connectivity index (χ3v) is 3.24. The van der Waals surface area contributed by atoms with Crippen LogP contribution in [0.3, 0.4) is 0 Å². The summed E-state index contributed by atoms with van der Waals surface area (Å²) in [6.07, 6.45) is 1.21. The first-order valence-corrected chi connectivity index (χ1v) is 6.13. The fourth-order valence-electron chi connectivity index (χ4n) is 1.35. The molecule has 78 valence electrons. The maximum Gasteiger partial charge on any atom is 0.175 e. The van der Waals surface area contributed by atoms with Crippen molar-refractivity contribution in [2.45, 2.75) is 18.4 Å². The minimum absolute atomic E-state index is 0.328. The molecule has 1 aromatic carbocycles. The monoisotopic (exact) mass is 214 g/mol. The van der Waals surface area contributed by atoms with Crippen molar-refractivity contribution in [2.24, 2.45) is 0 Å². The van der Waals surface area contributed by atoms with Gasteiger partial charge in [0.05, 0.1) is 11.5 Å². The minimum Gasteiger partial charge on any atom is -0.380 e. The van der Waals surface area contributed by atoms with Gasteiger partial charge in [0.2, 0.25) is 0 Å². The maximum absolute atomic E-state index is 11.4. The van der Waals surface area contributed by atoms with Crippen LogP contribution in [0.5, 0.6) is 0 Å². The van der Waals surface area contributed by atoms with Crippen LogP contribution in [0, 0.1) is 6.92 Å². The van der Waals surface area contributed by atoms with E-state index in [-0.39, 0.29) is 0 Å². The molecule has 0 N–H and O–H groups in total. The van der Waals surface area contributed by atoms with Crippen molar-refractivity contribution >= 4 is 9.84 Å². The SMILES string of the molecule is COCc1c(C)cccc1S(C)(=O)=O. The molecule has 0 aliphatic carbocycles. The molecule has 0 atom stereocenters. The van der Waals surface area contributed by atoms with Crippen molar-refractivity contribution in [3.63, 3.8) is 0 Å². The van der Waals surface area contributed by atoms with E-state index in [0.717, 1.165) is 11.1 Å². The van der Waals surface area contributed by atoms with E-state index in [4.69, 9.17) is 4.74 Å². The Morgan fingerprint density at radius 1 is 1.36 bits per heavy atom. The molecule has 0 amide bonds. The Labute approximate surface area is 84.6 Å². The fourth-order valence-corrected chi connectivity index (χ4v) is 2.35. The summed E-state index contributed by atoms with van der Waals surface area (Å²) in [5.74, 6) is 0. The van der Waals surface area contributed by atoms with Crippen molar-refractivity contribution in [1.29, 1.82) is 0 Å². The second-order valence-corrected chi connectivity index (χ2v) is 5.24. The molecule has 0 aliphatic rings. The lowest BCUT2D eigenvalue weighted by Gasteiger charge is -2.09. The quantitative estimate of drug-likeness (QED) is 0.766. The number of hydrogen-bond donors (Lipinski definition) is 0. The van der Waals surface area contributed by atoms with Crippen molar-refractivity contribution in [3.05, 3.63) is 29.3 Å². The van der Waals surface area contributed by atoms with Gasteiger partial charge in [0.25, 0.3) is 0 Å². The Kier molecular flexibility index (Phi) is 3.29. The Hall–Kier alpha value is -0.870. The van der Waals surface area contributed by atoms with Gasteiger partial charge in [-0.3, -0.25) is 0 Å². The number of rotatable bonds is 3. The maximum atomic E-state index is 11.4. The number of benzene rings is 1. The largest absolute Gasteiger partial charge is 0.380 e. The van der Waals surface area contributed by atoms with Crippen molar-refractivity contribution in [3.8, 4) is 0 Å². The molecule has 1 aromatic rings. The van der Waals surface area contributed by atoms with Gasteiger partial charge in [-0.25, -0.2) is 8.42 Å². The Morgan fingerprint density at radius 3 is 2.50 bits per heavy atom. The van der Waals surface area contributed by atoms with Gasteiger partial charge in [0.1, 0.15) is 0 Å². The lowest BCUT2D eigenvalue weighted by atomic mass is 10.1. The first-order valence-electron chi connectivity index (χ1n) is 4.24. The number of ether oxygens (including phenoxy) is 1. The zero-order valence-corrected chi connectivity index (χ0v) is 9.39. The van der Waals surface area contributed by atoms with Crippen LogP contribution in [-0.2, 0) is 21.2 Å². The Morgan fingerprint density at radius 2 is 2.00 bits per heavy atom. The van der Waals surface area contributed by atoms with Crippen LogP contribution in [0.25, 0.3) is 0 Å². The predicted octanol–water partition coefficient (Wildman–Crippen LogP) is 1.54. The van der Waals surface area contributed by atoms with E-state index < -0.39 is 9.84 Å². The summed E-state index contributed by atoms with van der Waals surface area (Å²) in [5.41, 5.74) is 1.69. The first kappa shape index (κ1) is 11.2. The number of sulfone groups is 1. The van der Waals surface area contributed by atoms with Gasteiger partial charge >= 0.3 is 0 Å². The second kappa shape index (κ2) is 4.11. The topological polar surface area (TPSA) is 43.4 Å². The van der Waals surface area contributed by atoms with Crippen LogP contribution in [0.4, 0.5) is 0 Å². The highest BCUT2D eigenvalue weighted by Crippen LogP contribution is 2.19. The van der Waals surface area contributed by atoms with Gasteiger partial charge in [-0.1, -0.05) is 12.1 Å². The lowest BCUT2D eigenvalue weighted by Crippen LogP contribution is -2.05. The van der Waals surface area contributed by atoms with E-state index in [1.807, 2.05) is 13.0 Å². The van der Waals surface area contributed by atoms with Gasteiger partial charge in [-0.2, -0.15) is 0 Å². The second-order valence-electron chi connectivity index (χ2n) is 3.26. The molecular weight excluding hydrogens is 200 g/mol. The van der Waals surface area contributed by atoms with E-state index in [9.17, 15) is 8.42 Å². The van der Waals surface area contributed by atoms with Crippen LogP contribution in [0.15, 0.2) is 23.1 Å². The number of methoxy groups -OCH3 is 1. The molecule has 0 bridgehead atoms. The molecule has 0 aromatic heterocycles. The highest BCUT2D eigenvalue weighted by atomic mass is 32.2. The Balaban J connectivity index is 3.36. The van der Waals surface area contributed by atoms with Crippen molar-refractivity contribution in [1.82, 2.24) is 0 Å². The van der Waals surface area contributed by atoms with Gasteiger partial charge in [-0.15, -0.1) is 0 Å². The van der Waals surface area contributed by atoms with Crippen LogP contribution >= 0.6 is 0 Å². The standard InChI is InChI=1S/C10H14O3S/c1-8-5-4-6-10(14(3,11)12)9(8)7-13-2/h4-6H,7H2,1-3H3. The van der Waals surface area contributed by atoms with Crippen LogP contribution < -0.4 is 0 Å². The fraction of sp³-hybridized carbons (Fsp3) is 0.400. The zero-order chi connectivity index (χ0) is 10.8. The summed E-state index contributed by atoms with van der Waals surface area (Å²) in [4.78, 5) is 0.361. The zero-order valence-electron chi connectivity index (χ0n) is 8.57. The molecule has 0 radical (unpaired) electrons. The van der Waals surface area contributed by atoms with Gasteiger partial charge in [0.15, 0.2) is 9.84 Å². The average Bonchev–Trinajstić information content (AvgIpc) is 2.07. The molecule has 0 aliphatic heterocycles. The molecule has 4 heteroatoms. The molecule has 0 spiro atoms. The third kappa shape index (κ3) is 2.33. The molecule has 1 rings (SSSR count). The molecule has 0 saturated carbocycles. The van der Waals surface area contributed by atoms with E-state index in [1.165, 1.54) is 6.26 Å². The minimum atomic E-state index is -3.16. The summed E-state index contributed by atoms with van der Waals surface area (Å²) in [7, 11) is -1.60. The van der Waals surface area contributed by atoms with Gasteiger partial charge < -0.3 is 4.74 Å². The molecule has 0 unspecified atom stereocenters. The van der Waals surface area contributed by atoms with Gasteiger partial charge in [0, 0.05) is 13.4 Å². The highest BCUT2D eigenvalue weighted by molar-refractivity contribution is 7.90. The first-order chi connectivity index (χ1) is 6.46. The summed E-state index contributed by atoms with van der Waals surface area (Å²) < 4.78 is 27.8. The average molecular weight is 214 g/mol. The third-order valence-electron chi connectivity index (χ3n) is 2.06. The van der Waals surface area contributed by atoms with E-state index in [1.54, 1.807) is 19.2 Å². The smallest absolute Gasteiger partial charge is 0.175 e. The lowest BCUT2D eigenvalue weighted by molar-refractivity contribution is 0.182. The molecule has 0 saturated heterocycles. The van der Waals surface area contributed by atoms with Crippen molar-refractivity contribution in [2.75, 3.05) is 13.4 Å². The number of hydrogen-bond acceptors (Lipinski definition) is 3. The summed E-state index contributed by atoms with van der Waals surface area (Å²) in [5, 5.41) is 0. The van der Waals surface area contributed by atoms with Crippen LogP contribution in [-0.4, -0.2) is 21.8 Å². The summed E-state index contributed by atoms with van der Waals surface area (Å²) >= 11 is 0. The van der Waals surface area contributed by atoms with E-state index in [0.29, 0.717) is 11.5 Å². The van der Waals surface area contributed by atoms with E-state index >= 15 is 0 Å². The summed E-state index contributed by atoms with van der Waals surface area (Å²) in [6, 6.07) is 5.23. The molecule has 0 fully saturated rings. The Bertz CT molecular complexity index is 421. The van der Waals surface area contributed by atoms with E-state index in [2.05, 4.69) is 0 Å². The molecule has 14 heavy (non-hydrogen) atoms. The highest BCUT2D eigenvalue weighted by Gasteiger charge is 2.14. The number of aryl methyl sites for hydroxylation is 1. The summed E-state index contributed by atoms with van der Waals surface area (Å²) in [6.45, 7) is 2.21. The normalized spacial score (nSPS) is 11.6. The van der Waals surface area contributed by atoms with Crippen LogP contribution in [0.1, 0.15) is 11.1 Å². The molecule has 3 nitrogen and oxygen atoms in total. The predicted molar refractivity (Wildman–Crippen MR) is 55.0 cm³/mol. The van der Waals surface area contributed by atoms with Crippen LogP contribution in [0.2, 0.25) is 0 Å². The van der Waals surface area contributed by atoms with Gasteiger partial charge in [-0.05, 0) is 24.1 Å². The molecular formula is C10H14O3S.